The third-order valence-corrected chi connectivity index (χ3v) is 3.54. The van der Waals surface area contributed by atoms with Crippen LogP contribution in [-0.2, 0) is 0 Å². The highest BCUT2D eigenvalue weighted by Gasteiger charge is 2.22. The van der Waals surface area contributed by atoms with E-state index in [1.165, 1.54) is 32.2 Å². The third kappa shape index (κ3) is 3.25. The Bertz CT molecular complexity index is 152. The number of aliphatic hydroxyl groups excluding tert-OH is 1. The van der Waals surface area contributed by atoms with Crippen LogP contribution in [0, 0.1) is 11.8 Å². The van der Waals surface area contributed by atoms with Gasteiger partial charge in [-0.2, -0.15) is 0 Å². The van der Waals surface area contributed by atoms with Crippen molar-refractivity contribution in [3.8, 4) is 0 Å². The summed E-state index contributed by atoms with van der Waals surface area (Å²) in [5.74, 6) is 1.43. The highest BCUT2D eigenvalue weighted by atomic mass is 16.3. The number of aliphatic hydroxyl groups is 1. The normalized spacial score (nSPS) is 21.0. The molecule has 1 aliphatic rings. The van der Waals surface area contributed by atoms with E-state index in [-0.39, 0.29) is 0 Å². The topological polar surface area (TPSA) is 23.5 Å². The molecule has 0 radical (unpaired) electrons. The molecule has 1 aliphatic carbocycles. The van der Waals surface area contributed by atoms with Gasteiger partial charge in [-0.3, -0.25) is 0 Å². The van der Waals surface area contributed by atoms with Gasteiger partial charge >= 0.3 is 0 Å². The molecular formula is C12H25NO. The molecule has 0 amide bonds. The summed E-state index contributed by atoms with van der Waals surface area (Å²) in [5, 5.41) is 9.30. The SMILES string of the molecule is CC(C)C(CO)N(C)CC1CCCC1. The summed E-state index contributed by atoms with van der Waals surface area (Å²) in [5.41, 5.74) is 0. The Kier molecular flexibility index (Phi) is 4.90. The van der Waals surface area contributed by atoms with Gasteiger partial charge in [-0.25, -0.2) is 0 Å². The molecule has 2 nitrogen and oxygen atoms in total. The molecule has 2 heteroatoms. The Morgan fingerprint density at radius 2 is 1.86 bits per heavy atom. The minimum atomic E-state index is 0.293. The zero-order valence-electron chi connectivity index (χ0n) is 9.87. The van der Waals surface area contributed by atoms with Gasteiger partial charge in [-0.15, -0.1) is 0 Å². The molecule has 84 valence electrons. The zero-order valence-corrected chi connectivity index (χ0v) is 9.87. The molecule has 0 spiro atoms. The van der Waals surface area contributed by atoms with Gasteiger partial charge in [0.05, 0.1) is 6.61 Å². The number of rotatable bonds is 5. The zero-order chi connectivity index (χ0) is 10.6. The summed E-state index contributed by atoms with van der Waals surface area (Å²) < 4.78 is 0. The minimum absolute atomic E-state index is 0.293. The summed E-state index contributed by atoms with van der Waals surface area (Å²) in [7, 11) is 2.15. The standard InChI is InChI=1S/C12H25NO/c1-10(2)12(9-14)13(3)8-11-6-4-5-7-11/h10-12,14H,4-9H2,1-3H3. The Morgan fingerprint density at radius 1 is 1.29 bits per heavy atom. The maximum absolute atomic E-state index is 9.30. The van der Waals surface area contributed by atoms with Gasteiger partial charge in [0.2, 0.25) is 0 Å². The number of nitrogens with zero attached hydrogens (tertiary/aromatic N) is 1. The summed E-state index contributed by atoms with van der Waals surface area (Å²) in [6.07, 6.45) is 5.59. The van der Waals surface area contributed by atoms with Crippen LogP contribution in [0.4, 0.5) is 0 Å². The first-order valence-corrected chi connectivity index (χ1v) is 5.96. The van der Waals surface area contributed by atoms with E-state index in [1.807, 2.05) is 0 Å². The van der Waals surface area contributed by atoms with Crippen molar-refractivity contribution in [3.05, 3.63) is 0 Å². The van der Waals surface area contributed by atoms with Crippen LogP contribution in [0.15, 0.2) is 0 Å². The minimum Gasteiger partial charge on any atom is -0.395 e. The Labute approximate surface area is 88.3 Å². The van der Waals surface area contributed by atoms with Crippen molar-refractivity contribution < 1.29 is 5.11 Å². The predicted octanol–water partition coefficient (Wildman–Crippen LogP) is 2.13. The Hall–Kier alpha value is -0.0800. The van der Waals surface area contributed by atoms with Crippen molar-refractivity contribution in [2.75, 3.05) is 20.2 Å². The molecule has 0 bridgehead atoms. The van der Waals surface area contributed by atoms with Crippen LogP contribution in [0.5, 0.6) is 0 Å². The summed E-state index contributed by atoms with van der Waals surface area (Å²) in [6, 6.07) is 0.343. The van der Waals surface area contributed by atoms with Gasteiger partial charge in [0.15, 0.2) is 0 Å². The van der Waals surface area contributed by atoms with Gasteiger partial charge in [-0.1, -0.05) is 26.7 Å². The number of likely N-dealkylation sites (N-methyl/N-ethyl adjacent to an activating group) is 1. The van der Waals surface area contributed by atoms with Crippen LogP contribution in [0.2, 0.25) is 0 Å². The first-order chi connectivity index (χ1) is 6.65. The van der Waals surface area contributed by atoms with E-state index in [0.717, 1.165) is 5.92 Å². The molecule has 0 saturated heterocycles. The van der Waals surface area contributed by atoms with Crippen molar-refractivity contribution in [2.24, 2.45) is 11.8 Å². The van der Waals surface area contributed by atoms with Crippen LogP contribution in [0.25, 0.3) is 0 Å². The lowest BCUT2D eigenvalue weighted by Crippen LogP contribution is -2.41. The predicted molar refractivity (Wildman–Crippen MR) is 60.3 cm³/mol. The molecular weight excluding hydrogens is 174 g/mol. The second-order valence-electron chi connectivity index (χ2n) is 5.08. The molecule has 1 unspecified atom stereocenters. The van der Waals surface area contributed by atoms with Crippen LogP contribution < -0.4 is 0 Å². The molecule has 14 heavy (non-hydrogen) atoms. The average Bonchev–Trinajstić information content (AvgIpc) is 2.57. The molecule has 0 aliphatic heterocycles. The highest BCUT2D eigenvalue weighted by Crippen LogP contribution is 2.26. The first kappa shape index (κ1) is 12.0. The van der Waals surface area contributed by atoms with E-state index < -0.39 is 0 Å². The third-order valence-electron chi connectivity index (χ3n) is 3.54. The second kappa shape index (κ2) is 5.72. The summed E-state index contributed by atoms with van der Waals surface area (Å²) >= 11 is 0. The molecule has 1 N–H and O–H groups in total. The fourth-order valence-electron chi connectivity index (χ4n) is 2.59. The van der Waals surface area contributed by atoms with E-state index in [9.17, 15) is 5.11 Å². The van der Waals surface area contributed by atoms with E-state index in [4.69, 9.17) is 0 Å². The lowest BCUT2D eigenvalue weighted by atomic mass is 10.0. The van der Waals surface area contributed by atoms with Crippen molar-refractivity contribution in [1.82, 2.24) is 4.90 Å². The van der Waals surface area contributed by atoms with Crippen molar-refractivity contribution in [2.45, 2.75) is 45.6 Å². The van der Waals surface area contributed by atoms with E-state index in [2.05, 4.69) is 25.8 Å². The molecule has 1 fully saturated rings. The smallest absolute Gasteiger partial charge is 0.0589 e. The van der Waals surface area contributed by atoms with Crippen LogP contribution in [0.1, 0.15) is 39.5 Å². The Morgan fingerprint density at radius 3 is 2.29 bits per heavy atom. The van der Waals surface area contributed by atoms with Gasteiger partial charge in [-0.05, 0) is 31.7 Å². The van der Waals surface area contributed by atoms with E-state index in [1.54, 1.807) is 0 Å². The molecule has 1 rings (SSSR count). The largest absolute Gasteiger partial charge is 0.395 e. The van der Waals surface area contributed by atoms with Gasteiger partial charge in [0, 0.05) is 12.6 Å². The maximum atomic E-state index is 9.30. The maximum Gasteiger partial charge on any atom is 0.0589 e. The fraction of sp³-hybridized carbons (Fsp3) is 1.00. The van der Waals surface area contributed by atoms with Crippen LogP contribution >= 0.6 is 0 Å². The summed E-state index contributed by atoms with van der Waals surface area (Å²) in [6.45, 7) is 5.84. The summed E-state index contributed by atoms with van der Waals surface area (Å²) in [4.78, 5) is 2.35. The number of hydrogen-bond donors (Lipinski definition) is 1. The highest BCUT2D eigenvalue weighted by molar-refractivity contribution is 4.76. The second-order valence-corrected chi connectivity index (χ2v) is 5.08. The number of hydrogen-bond acceptors (Lipinski definition) is 2. The van der Waals surface area contributed by atoms with Crippen LogP contribution in [-0.4, -0.2) is 36.2 Å². The average molecular weight is 199 g/mol. The molecule has 1 atom stereocenters. The molecule has 0 aromatic carbocycles. The van der Waals surface area contributed by atoms with Crippen LogP contribution in [0.3, 0.4) is 0 Å². The van der Waals surface area contributed by atoms with E-state index >= 15 is 0 Å². The molecule has 0 heterocycles. The molecule has 1 saturated carbocycles. The fourth-order valence-corrected chi connectivity index (χ4v) is 2.59. The first-order valence-electron chi connectivity index (χ1n) is 5.96. The monoisotopic (exact) mass is 199 g/mol. The van der Waals surface area contributed by atoms with Crippen molar-refractivity contribution in [3.63, 3.8) is 0 Å². The van der Waals surface area contributed by atoms with Gasteiger partial charge in [0.1, 0.15) is 0 Å². The molecule has 0 aromatic heterocycles. The lowest BCUT2D eigenvalue weighted by molar-refractivity contribution is 0.1000. The molecule has 0 aromatic rings. The quantitative estimate of drug-likeness (QED) is 0.733. The van der Waals surface area contributed by atoms with Crippen molar-refractivity contribution in [1.29, 1.82) is 0 Å². The van der Waals surface area contributed by atoms with Gasteiger partial charge in [0.25, 0.3) is 0 Å². The van der Waals surface area contributed by atoms with Gasteiger partial charge < -0.3 is 10.0 Å². The Balaban J connectivity index is 2.34. The van der Waals surface area contributed by atoms with E-state index in [0.29, 0.717) is 18.6 Å². The lowest BCUT2D eigenvalue weighted by Gasteiger charge is -2.31. The van der Waals surface area contributed by atoms with Crippen molar-refractivity contribution >= 4 is 0 Å².